The average Bonchev–Trinajstić information content (AvgIpc) is 3.79. The second-order valence-corrected chi connectivity index (χ2v) is 14.0. The molecule has 2 aromatic heterocycles. The number of fused-ring (bicyclic) bond motifs is 6. The predicted molar refractivity (Wildman–Crippen MR) is 221 cm³/mol. The first kappa shape index (κ1) is 30.2. The van der Waals surface area contributed by atoms with E-state index in [0.29, 0.717) is 0 Å². The zero-order valence-electron chi connectivity index (χ0n) is 28.2. The fourth-order valence-corrected chi connectivity index (χ4v) is 8.82. The van der Waals surface area contributed by atoms with E-state index in [1.165, 1.54) is 37.0 Å². The summed E-state index contributed by atoms with van der Waals surface area (Å²) in [4.78, 5) is 4.71. The number of thiophene rings is 1. The first-order chi connectivity index (χ1) is 25.8. The van der Waals surface area contributed by atoms with Crippen molar-refractivity contribution in [1.82, 2.24) is 0 Å². The van der Waals surface area contributed by atoms with E-state index in [1.807, 2.05) is 23.5 Å². The summed E-state index contributed by atoms with van der Waals surface area (Å²) in [7, 11) is 0. The van der Waals surface area contributed by atoms with Gasteiger partial charge < -0.3 is 14.2 Å². The number of nitrogens with zero attached hydrogens (tertiary/aromatic N) is 2. The highest BCUT2D eigenvalue weighted by atomic mass is 32.1. The summed E-state index contributed by atoms with van der Waals surface area (Å²) in [6.07, 6.45) is 0. The summed E-state index contributed by atoms with van der Waals surface area (Å²) < 4.78 is 8.86. The number of hydrogen-bond acceptors (Lipinski definition) is 4. The number of hydrogen-bond donors (Lipinski definition) is 0. The van der Waals surface area contributed by atoms with Gasteiger partial charge in [-0.3, -0.25) is 0 Å². The van der Waals surface area contributed by atoms with Crippen molar-refractivity contribution >= 4 is 87.6 Å². The van der Waals surface area contributed by atoms with Crippen molar-refractivity contribution in [3.63, 3.8) is 0 Å². The van der Waals surface area contributed by atoms with E-state index < -0.39 is 0 Å². The molecule has 0 bridgehead atoms. The minimum absolute atomic E-state index is 0.880. The molecule has 0 unspecified atom stereocenters. The van der Waals surface area contributed by atoms with Gasteiger partial charge in [-0.2, -0.15) is 0 Å². The van der Waals surface area contributed by atoms with Crippen molar-refractivity contribution < 1.29 is 4.42 Å². The van der Waals surface area contributed by atoms with Crippen LogP contribution in [0.2, 0.25) is 0 Å². The van der Waals surface area contributed by atoms with Gasteiger partial charge in [-0.15, -0.1) is 11.3 Å². The second kappa shape index (κ2) is 12.6. The number of anilines is 6. The number of furan rings is 1. The molecule has 0 spiro atoms. The zero-order chi connectivity index (χ0) is 34.4. The normalized spacial score (nSPS) is 11.5. The van der Waals surface area contributed by atoms with Crippen LogP contribution in [-0.4, -0.2) is 0 Å². The molecule has 3 nitrogen and oxygen atoms in total. The van der Waals surface area contributed by atoms with Gasteiger partial charge in [0.1, 0.15) is 11.2 Å². The Bertz CT molecular complexity index is 2800. The molecular weight excluding hydrogens is 653 g/mol. The smallest absolute Gasteiger partial charge is 0.137 e. The fraction of sp³-hybridized carbons (Fsp3) is 0. The van der Waals surface area contributed by atoms with E-state index in [2.05, 4.69) is 192 Å². The van der Waals surface area contributed by atoms with Gasteiger partial charge in [-0.25, -0.2) is 0 Å². The lowest BCUT2D eigenvalue weighted by Gasteiger charge is -2.26. The van der Waals surface area contributed by atoms with Crippen molar-refractivity contribution in [3.05, 3.63) is 194 Å². The molecule has 0 amide bonds. The SMILES string of the molecule is c1ccc(N(c2ccc(-c3cccc4c3sc3cccc(N(c5ccccc5)c5ccccc5)c34)cc2)c2cccc3oc4ccccc4c23)cc1. The maximum Gasteiger partial charge on any atom is 0.137 e. The molecule has 2 heterocycles. The molecule has 0 atom stereocenters. The van der Waals surface area contributed by atoms with Crippen LogP contribution >= 0.6 is 11.3 Å². The van der Waals surface area contributed by atoms with Crippen molar-refractivity contribution in [2.24, 2.45) is 0 Å². The topological polar surface area (TPSA) is 19.6 Å². The minimum Gasteiger partial charge on any atom is -0.456 e. The van der Waals surface area contributed by atoms with Gasteiger partial charge in [0, 0.05) is 48.3 Å². The third-order valence-electron chi connectivity index (χ3n) is 9.84. The van der Waals surface area contributed by atoms with Gasteiger partial charge in [0.15, 0.2) is 0 Å². The highest BCUT2D eigenvalue weighted by Gasteiger charge is 2.21. The molecule has 0 saturated carbocycles. The second-order valence-electron chi connectivity index (χ2n) is 12.9. The van der Waals surface area contributed by atoms with E-state index in [-0.39, 0.29) is 0 Å². The molecule has 52 heavy (non-hydrogen) atoms. The van der Waals surface area contributed by atoms with E-state index in [9.17, 15) is 0 Å². The maximum atomic E-state index is 6.30. The lowest BCUT2D eigenvalue weighted by atomic mass is 10.0. The number of para-hydroxylation sites is 4. The summed E-state index contributed by atoms with van der Waals surface area (Å²) >= 11 is 1.87. The molecule has 0 fully saturated rings. The van der Waals surface area contributed by atoms with Crippen molar-refractivity contribution in [3.8, 4) is 11.1 Å². The van der Waals surface area contributed by atoms with Gasteiger partial charge in [0.05, 0.1) is 16.8 Å². The fourth-order valence-electron chi connectivity index (χ4n) is 7.56. The van der Waals surface area contributed by atoms with Crippen LogP contribution in [-0.2, 0) is 0 Å². The Labute approximate surface area is 305 Å². The molecule has 0 aliphatic rings. The van der Waals surface area contributed by atoms with Crippen LogP contribution in [0.5, 0.6) is 0 Å². The van der Waals surface area contributed by atoms with E-state index in [1.54, 1.807) is 0 Å². The largest absolute Gasteiger partial charge is 0.456 e. The molecule has 0 aliphatic carbocycles. The zero-order valence-corrected chi connectivity index (χ0v) is 29.0. The predicted octanol–water partition coefficient (Wildman–Crippen LogP) is 14.6. The van der Waals surface area contributed by atoms with Crippen molar-refractivity contribution in [2.75, 3.05) is 9.80 Å². The van der Waals surface area contributed by atoms with E-state index >= 15 is 0 Å². The molecule has 246 valence electrons. The molecule has 4 heteroatoms. The van der Waals surface area contributed by atoms with Crippen LogP contribution in [0.25, 0.3) is 53.2 Å². The monoisotopic (exact) mass is 684 g/mol. The molecule has 0 saturated heterocycles. The highest BCUT2D eigenvalue weighted by molar-refractivity contribution is 7.26. The lowest BCUT2D eigenvalue weighted by molar-refractivity contribution is 0.669. The Kier molecular flexibility index (Phi) is 7.33. The van der Waals surface area contributed by atoms with Crippen LogP contribution in [0.15, 0.2) is 199 Å². The van der Waals surface area contributed by atoms with Crippen LogP contribution in [0, 0.1) is 0 Å². The van der Waals surface area contributed by atoms with Gasteiger partial charge in [-0.1, -0.05) is 115 Å². The van der Waals surface area contributed by atoms with Gasteiger partial charge in [0.25, 0.3) is 0 Å². The average molecular weight is 685 g/mol. The quantitative estimate of drug-likeness (QED) is 0.167. The molecule has 10 rings (SSSR count). The third-order valence-corrected chi connectivity index (χ3v) is 11.0. The Morgan fingerprint density at radius 2 is 0.865 bits per heavy atom. The molecule has 0 aliphatic heterocycles. The van der Waals surface area contributed by atoms with E-state index in [4.69, 9.17) is 4.42 Å². The first-order valence-electron chi connectivity index (χ1n) is 17.5. The van der Waals surface area contributed by atoms with Gasteiger partial charge >= 0.3 is 0 Å². The number of rotatable bonds is 7. The Morgan fingerprint density at radius 1 is 0.365 bits per heavy atom. The molecule has 0 N–H and O–H groups in total. The standard InChI is InChI=1S/C48H32N2OS/c1-4-15-34(16-5-1)49(35-17-6-2-7-18-35)42-25-14-28-45-47(42)40-23-12-22-38(48(40)52-45)33-29-31-37(32-30-33)50(36-19-8-3-9-20-36)41-24-13-27-44-46(41)39-21-10-11-26-43(39)51-44/h1-32H. The molecule has 10 aromatic rings. The number of benzene rings is 8. The van der Waals surface area contributed by atoms with Crippen LogP contribution in [0.3, 0.4) is 0 Å². The summed E-state index contributed by atoms with van der Waals surface area (Å²) in [5.41, 5.74) is 10.9. The van der Waals surface area contributed by atoms with Crippen LogP contribution in [0.4, 0.5) is 34.1 Å². The Hall–Kier alpha value is -6.62. The van der Waals surface area contributed by atoms with Gasteiger partial charge in [-0.05, 0) is 90.0 Å². The maximum absolute atomic E-state index is 6.30. The van der Waals surface area contributed by atoms with Crippen molar-refractivity contribution in [2.45, 2.75) is 0 Å². The molecular formula is C48H32N2OS. The summed E-state index contributed by atoms with van der Waals surface area (Å²) in [6, 6.07) is 68.9. The Morgan fingerprint density at radius 3 is 1.52 bits per heavy atom. The first-order valence-corrected chi connectivity index (χ1v) is 18.3. The Balaban J connectivity index is 1.11. The highest BCUT2D eigenvalue weighted by Crippen LogP contribution is 2.48. The van der Waals surface area contributed by atoms with Crippen molar-refractivity contribution in [1.29, 1.82) is 0 Å². The minimum atomic E-state index is 0.880. The van der Waals surface area contributed by atoms with Crippen LogP contribution in [0.1, 0.15) is 0 Å². The molecule has 0 radical (unpaired) electrons. The molecule has 8 aromatic carbocycles. The van der Waals surface area contributed by atoms with E-state index in [0.717, 1.165) is 50.4 Å². The summed E-state index contributed by atoms with van der Waals surface area (Å²) in [6.45, 7) is 0. The lowest BCUT2D eigenvalue weighted by Crippen LogP contribution is -2.10. The summed E-state index contributed by atoms with van der Waals surface area (Å²) in [5, 5.41) is 4.75. The third kappa shape index (κ3) is 5.04. The van der Waals surface area contributed by atoms with Gasteiger partial charge in [0.2, 0.25) is 0 Å². The van der Waals surface area contributed by atoms with Crippen LogP contribution < -0.4 is 9.80 Å². The summed E-state index contributed by atoms with van der Waals surface area (Å²) in [5.74, 6) is 0.